The van der Waals surface area contributed by atoms with E-state index in [2.05, 4.69) is 72.9 Å². The molecular weight excluding hydrogens is 463 g/mol. The number of fused-ring (bicyclic) bond motifs is 1. The first-order valence-electron chi connectivity index (χ1n) is 11.5. The molecular formula is C26H34N4OSe. The summed E-state index contributed by atoms with van der Waals surface area (Å²) in [7, 11) is 0. The van der Waals surface area contributed by atoms with Crippen molar-refractivity contribution in [3.8, 4) is 0 Å². The van der Waals surface area contributed by atoms with Crippen molar-refractivity contribution in [1.29, 1.82) is 0 Å². The fourth-order valence-corrected chi connectivity index (χ4v) is 6.88. The Morgan fingerprint density at radius 1 is 1.16 bits per heavy atom. The number of hydrogen-bond acceptors (Lipinski definition) is 3. The monoisotopic (exact) mass is 498 g/mol. The topological polar surface area (TPSA) is 59.8 Å². The first kappa shape index (κ1) is 23.0. The Morgan fingerprint density at radius 3 is 2.53 bits per heavy atom. The zero-order valence-corrected chi connectivity index (χ0v) is 21.5. The molecule has 1 aliphatic rings. The van der Waals surface area contributed by atoms with Crippen LogP contribution in [0.2, 0.25) is 5.32 Å². The van der Waals surface area contributed by atoms with E-state index in [1.54, 1.807) is 0 Å². The molecule has 170 valence electrons. The minimum atomic E-state index is -0.362. The Hall–Kier alpha value is -2.17. The van der Waals surface area contributed by atoms with E-state index < -0.39 is 0 Å². The van der Waals surface area contributed by atoms with E-state index in [4.69, 9.17) is 4.98 Å². The van der Waals surface area contributed by atoms with Gasteiger partial charge in [0.05, 0.1) is 0 Å². The zero-order valence-electron chi connectivity index (χ0n) is 19.8. The summed E-state index contributed by atoms with van der Waals surface area (Å²) in [5.41, 5.74) is 1.18. The van der Waals surface area contributed by atoms with Crippen molar-refractivity contribution in [2.24, 2.45) is 5.41 Å². The van der Waals surface area contributed by atoms with Crippen LogP contribution in [0.1, 0.15) is 75.7 Å². The molecule has 0 saturated heterocycles. The molecule has 0 unspecified atom stereocenters. The third-order valence-corrected chi connectivity index (χ3v) is 10.2. The molecule has 6 heteroatoms. The molecule has 1 fully saturated rings. The van der Waals surface area contributed by atoms with Crippen molar-refractivity contribution in [2.75, 3.05) is 0 Å². The standard InChI is InChI=1S/C26H34N4OSe/c1-18-27-16-19-15-22(30(23(19)28-18)20-11-9-10-12-20)24(31)29-26(4,5)25(2,3)17-32-21-13-7-6-8-14-21/h6-8,13-16,20H,9-12,17H2,1-5H3,(H,29,31). The van der Waals surface area contributed by atoms with E-state index in [9.17, 15) is 4.79 Å². The molecule has 0 spiro atoms. The predicted molar refractivity (Wildman–Crippen MR) is 132 cm³/mol. The van der Waals surface area contributed by atoms with Crippen LogP contribution in [0.15, 0.2) is 42.6 Å². The number of nitrogens with zero attached hydrogens (tertiary/aromatic N) is 3. The van der Waals surface area contributed by atoms with Crippen molar-refractivity contribution in [3.63, 3.8) is 0 Å². The number of aromatic nitrogens is 3. The van der Waals surface area contributed by atoms with Crippen molar-refractivity contribution in [1.82, 2.24) is 19.9 Å². The molecule has 1 N–H and O–H groups in total. The fourth-order valence-electron chi connectivity index (χ4n) is 4.28. The Morgan fingerprint density at radius 2 is 1.84 bits per heavy atom. The quantitative estimate of drug-likeness (QED) is 0.476. The van der Waals surface area contributed by atoms with Crippen molar-refractivity contribution < 1.29 is 4.79 Å². The van der Waals surface area contributed by atoms with Crippen LogP contribution in [0.5, 0.6) is 0 Å². The Labute approximate surface area is 197 Å². The Kier molecular flexibility index (Phi) is 6.46. The van der Waals surface area contributed by atoms with Crippen LogP contribution in [0, 0.1) is 12.3 Å². The molecule has 2 heterocycles. The summed E-state index contributed by atoms with van der Waals surface area (Å²) in [5, 5.41) is 5.38. The molecule has 0 atom stereocenters. The van der Waals surface area contributed by atoms with Crippen molar-refractivity contribution in [3.05, 3.63) is 54.1 Å². The second-order valence-corrected chi connectivity index (χ2v) is 12.3. The molecule has 1 aliphatic carbocycles. The van der Waals surface area contributed by atoms with E-state index in [0.717, 1.165) is 35.0 Å². The average molecular weight is 498 g/mol. The molecule has 5 nitrogen and oxygen atoms in total. The van der Waals surface area contributed by atoms with Gasteiger partial charge < -0.3 is 0 Å². The number of aryl methyl sites for hydroxylation is 1. The van der Waals surface area contributed by atoms with Crippen LogP contribution >= 0.6 is 0 Å². The number of nitrogens with one attached hydrogen (secondary N) is 1. The van der Waals surface area contributed by atoms with Crippen LogP contribution < -0.4 is 9.78 Å². The summed E-state index contributed by atoms with van der Waals surface area (Å²) in [5.74, 6) is 0.726. The van der Waals surface area contributed by atoms with Crippen molar-refractivity contribution >= 4 is 36.4 Å². The first-order valence-corrected chi connectivity index (χ1v) is 13.6. The van der Waals surface area contributed by atoms with Gasteiger partial charge in [0.15, 0.2) is 0 Å². The van der Waals surface area contributed by atoms with Gasteiger partial charge in [-0.1, -0.05) is 0 Å². The van der Waals surface area contributed by atoms with Crippen LogP contribution in [0.3, 0.4) is 0 Å². The van der Waals surface area contributed by atoms with Crippen LogP contribution in [0.4, 0.5) is 0 Å². The molecule has 1 amide bonds. The van der Waals surface area contributed by atoms with Gasteiger partial charge in [0.2, 0.25) is 0 Å². The van der Waals surface area contributed by atoms with Gasteiger partial charge in [0.1, 0.15) is 0 Å². The van der Waals surface area contributed by atoms with Crippen LogP contribution in [-0.4, -0.2) is 40.9 Å². The third-order valence-electron chi connectivity index (χ3n) is 7.08. The summed E-state index contributed by atoms with van der Waals surface area (Å²) >= 11 is 0.360. The second kappa shape index (κ2) is 8.99. The summed E-state index contributed by atoms with van der Waals surface area (Å²) in [6.45, 7) is 10.7. The Bertz CT molecular complexity index is 1100. The molecule has 1 saturated carbocycles. The summed E-state index contributed by atoms with van der Waals surface area (Å²) in [4.78, 5) is 22.7. The number of hydrogen-bond donors (Lipinski definition) is 1. The second-order valence-electron chi connectivity index (χ2n) is 10.1. The van der Waals surface area contributed by atoms with Crippen LogP contribution in [0.25, 0.3) is 11.0 Å². The predicted octanol–water partition coefficient (Wildman–Crippen LogP) is 4.84. The van der Waals surface area contributed by atoms with Gasteiger partial charge in [-0.25, -0.2) is 0 Å². The van der Waals surface area contributed by atoms with E-state index >= 15 is 0 Å². The fraction of sp³-hybridized carbons (Fsp3) is 0.500. The molecule has 32 heavy (non-hydrogen) atoms. The number of amides is 1. The molecule has 4 rings (SSSR count). The van der Waals surface area contributed by atoms with E-state index in [1.165, 1.54) is 17.3 Å². The first-order chi connectivity index (χ1) is 15.2. The normalized spacial score (nSPS) is 15.4. The van der Waals surface area contributed by atoms with Crippen LogP contribution in [-0.2, 0) is 0 Å². The van der Waals surface area contributed by atoms with Crippen molar-refractivity contribution in [2.45, 2.75) is 77.2 Å². The molecule has 0 aliphatic heterocycles. The summed E-state index contributed by atoms with van der Waals surface area (Å²) in [6.07, 6.45) is 6.45. The maximum absolute atomic E-state index is 13.6. The number of carbonyl (C=O) groups excluding carboxylic acids is 1. The SMILES string of the molecule is Cc1ncc2cc(C(=O)NC(C)(C)C(C)(C)C[Se]c3ccccc3)n(C3CCCC3)c2n1. The maximum atomic E-state index is 13.6. The Balaban J connectivity index is 1.59. The van der Waals surface area contributed by atoms with Gasteiger partial charge in [-0.05, 0) is 0 Å². The molecule has 1 aromatic carbocycles. The van der Waals surface area contributed by atoms with Gasteiger partial charge in [-0.2, -0.15) is 0 Å². The average Bonchev–Trinajstić information content (AvgIpc) is 3.40. The molecule has 3 aromatic rings. The number of rotatable bonds is 7. The summed E-state index contributed by atoms with van der Waals surface area (Å²) < 4.78 is 3.58. The van der Waals surface area contributed by atoms with Gasteiger partial charge in [0, 0.05) is 0 Å². The number of carbonyl (C=O) groups is 1. The van der Waals surface area contributed by atoms with Gasteiger partial charge in [0.25, 0.3) is 0 Å². The van der Waals surface area contributed by atoms with Gasteiger partial charge in [-0.15, -0.1) is 0 Å². The van der Waals surface area contributed by atoms with E-state index in [1.807, 2.05) is 19.2 Å². The zero-order chi connectivity index (χ0) is 22.9. The van der Waals surface area contributed by atoms with E-state index in [0.29, 0.717) is 26.7 Å². The summed E-state index contributed by atoms with van der Waals surface area (Å²) in [6, 6.07) is 13.0. The molecule has 2 aromatic heterocycles. The van der Waals surface area contributed by atoms with Gasteiger partial charge in [-0.3, -0.25) is 0 Å². The molecule has 0 radical (unpaired) electrons. The molecule has 0 bridgehead atoms. The van der Waals surface area contributed by atoms with E-state index in [-0.39, 0.29) is 16.9 Å². The third kappa shape index (κ3) is 4.62. The number of benzene rings is 1. The minimum absolute atomic E-state index is 0.0159. The van der Waals surface area contributed by atoms with Gasteiger partial charge >= 0.3 is 198 Å².